The molecule has 1 unspecified atom stereocenters. The number of hydrogen-bond donors (Lipinski definition) is 1. The summed E-state index contributed by atoms with van der Waals surface area (Å²) < 4.78 is 5.65. The van der Waals surface area contributed by atoms with E-state index in [1.807, 2.05) is 31.2 Å². The molecular formula is C15H22N2O2. The number of ether oxygens (including phenoxy) is 1. The van der Waals surface area contributed by atoms with Crippen LogP contribution in [0.3, 0.4) is 0 Å². The third-order valence-electron chi connectivity index (χ3n) is 3.61. The highest BCUT2D eigenvalue weighted by Crippen LogP contribution is 2.29. The summed E-state index contributed by atoms with van der Waals surface area (Å²) in [4.78, 5) is 13.8. The molecule has 2 N–H and O–H groups in total. The van der Waals surface area contributed by atoms with Crippen molar-refractivity contribution in [2.75, 3.05) is 20.2 Å². The summed E-state index contributed by atoms with van der Waals surface area (Å²) in [5.41, 5.74) is 6.24. The zero-order valence-corrected chi connectivity index (χ0v) is 11.6. The molecule has 1 atom stereocenters. The van der Waals surface area contributed by atoms with Crippen LogP contribution < -0.4 is 10.5 Å². The summed E-state index contributed by atoms with van der Waals surface area (Å²) in [6.45, 7) is 3.19. The fourth-order valence-electron chi connectivity index (χ4n) is 1.75. The summed E-state index contributed by atoms with van der Waals surface area (Å²) in [7, 11) is 1.78. The molecule has 19 heavy (non-hydrogen) atoms. The van der Waals surface area contributed by atoms with Crippen LogP contribution in [0.2, 0.25) is 0 Å². The number of rotatable bonds is 6. The number of likely N-dealkylation sites (N-methyl/N-ethyl adjacent to an activating group) is 1. The van der Waals surface area contributed by atoms with Gasteiger partial charge in [0.05, 0.1) is 6.61 Å². The minimum atomic E-state index is -0.00769. The lowest BCUT2D eigenvalue weighted by Gasteiger charge is -2.23. The van der Waals surface area contributed by atoms with Gasteiger partial charge in [0.1, 0.15) is 5.75 Å². The van der Waals surface area contributed by atoms with Crippen molar-refractivity contribution in [3.63, 3.8) is 0 Å². The van der Waals surface area contributed by atoms with E-state index in [-0.39, 0.29) is 11.9 Å². The molecule has 0 spiro atoms. The Labute approximate surface area is 114 Å². The number of nitrogens with zero attached hydrogens (tertiary/aromatic N) is 1. The van der Waals surface area contributed by atoms with Crippen LogP contribution >= 0.6 is 0 Å². The molecule has 1 aliphatic carbocycles. The highest BCUT2D eigenvalue weighted by molar-refractivity contribution is 5.94. The predicted octanol–water partition coefficient (Wildman–Crippen LogP) is 1.89. The van der Waals surface area contributed by atoms with Crippen LogP contribution in [0, 0.1) is 5.92 Å². The number of amides is 1. The zero-order chi connectivity index (χ0) is 13.8. The first-order valence-corrected chi connectivity index (χ1v) is 6.82. The molecule has 1 aromatic rings. The summed E-state index contributed by atoms with van der Waals surface area (Å²) in [5, 5.41) is 0. The highest BCUT2D eigenvalue weighted by Gasteiger charge is 2.22. The molecule has 0 heterocycles. The molecular weight excluding hydrogens is 240 g/mol. The molecule has 1 saturated carbocycles. The fourth-order valence-corrected chi connectivity index (χ4v) is 1.75. The first-order chi connectivity index (χ1) is 9.11. The van der Waals surface area contributed by atoms with E-state index in [9.17, 15) is 4.79 Å². The van der Waals surface area contributed by atoms with Crippen molar-refractivity contribution < 1.29 is 9.53 Å². The number of carbonyl (C=O) groups excluding carboxylic acids is 1. The minimum Gasteiger partial charge on any atom is -0.493 e. The Hall–Kier alpha value is -1.55. The second kappa shape index (κ2) is 6.06. The average Bonchev–Trinajstić information content (AvgIpc) is 3.27. The van der Waals surface area contributed by atoms with Gasteiger partial charge in [-0.3, -0.25) is 4.79 Å². The van der Waals surface area contributed by atoms with Crippen LogP contribution in [0.25, 0.3) is 0 Å². The molecule has 0 radical (unpaired) electrons. The summed E-state index contributed by atoms with van der Waals surface area (Å²) >= 11 is 0. The first kappa shape index (κ1) is 13.9. The van der Waals surface area contributed by atoms with Crippen LogP contribution in [0.4, 0.5) is 0 Å². The Balaban J connectivity index is 1.94. The van der Waals surface area contributed by atoms with E-state index in [0.29, 0.717) is 12.1 Å². The third kappa shape index (κ3) is 3.70. The van der Waals surface area contributed by atoms with Gasteiger partial charge in [0.15, 0.2) is 0 Å². The molecule has 0 saturated heterocycles. The van der Waals surface area contributed by atoms with Gasteiger partial charge in [0, 0.05) is 25.2 Å². The van der Waals surface area contributed by atoms with Crippen molar-refractivity contribution in [3.05, 3.63) is 29.8 Å². The third-order valence-corrected chi connectivity index (χ3v) is 3.61. The van der Waals surface area contributed by atoms with Crippen molar-refractivity contribution in [1.82, 2.24) is 4.90 Å². The van der Waals surface area contributed by atoms with Crippen LogP contribution in [0.1, 0.15) is 30.1 Å². The Kier molecular flexibility index (Phi) is 4.43. The normalized spacial score (nSPS) is 15.9. The standard InChI is InChI=1S/C15H22N2O2/c1-11(9-16)17(2)15(18)13-5-7-14(8-6-13)19-10-12-3-4-12/h5-8,11-12H,3-4,9-10,16H2,1-2H3. The average molecular weight is 262 g/mol. The van der Waals surface area contributed by atoms with E-state index in [1.54, 1.807) is 11.9 Å². The molecule has 0 bridgehead atoms. The largest absolute Gasteiger partial charge is 0.493 e. The SMILES string of the molecule is CC(CN)N(C)C(=O)c1ccc(OCC2CC2)cc1. The van der Waals surface area contributed by atoms with Crippen LogP contribution in [0.5, 0.6) is 5.75 Å². The smallest absolute Gasteiger partial charge is 0.253 e. The van der Waals surface area contributed by atoms with Crippen LogP contribution in [0.15, 0.2) is 24.3 Å². The Morgan fingerprint density at radius 2 is 2.05 bits per heavy atom. The van der Waals surface area contributed by atoms with Gasteiger partial charge in [0.2, 0.25) is 0 Å². The Morgan fingerprint density at radius 3 is 2.58 bits per heavy atom. The van der Waals surface area contributed by atoms with Crippen molar-refractivity contribution in [3.8, 4) is 5.75 Å². The van der Waals surface area contributed by atoms with Crippen LogP contribution in [-0.4, -0.2) is 37.0 Å². The van der Waals surface area contributed by atoms with Gasteiger partial charge in [-0.15, -0.1) is 0 Å². The molecule has 4 heteroatoms. The van der Waals surface area contributed by atoms with E-state index in [4.69, 9.17) is 10.5 Å². The molecule has 0 aliphatic heterocycles. The lowest BCUT2D eigenvalue weighted by atomic mass is 10.1. The summed E-state index contributed by atoms with van der Waals surface area (Å²) in [6, 6.07) is 7.38. The van der Waals surface area contributed by atoms with E-state index in [1.165, 1.54) is 12.8 Å². The van der Waals surface area contributed by atoms with E-state index in [0.717, 1.165) is 18.3 Å². The molecule has 4 nitrogen and oxygen atoms in total. The van der Waals surface area contributed by atoms with E-state index < -0.39 is 0 Å². The molecule has 2 rings (SSSR count). The maximum Gasteiger partial charge on any atom is 0.253 e. The second-order valence-corrected chi connectivity index (χ2v) is 5.28. The van der Waals surface area contributed by atoms with Gasteiger partial charge in [-0.25, -0.2) is 0 Å². The van der Waals surface area contributed by atoms with Crippen LogP contribution in [-0.2, 0) is 0 Å². The Bertz CT molecular complexity index is 426. The summed E-state index contributed by atoms with van der Waals surface area (Å²) in [5.74, 6) is 1.56. The first-order valence-electron chi connectivity index (χ1n) is 6.82. The van der Waals surface area contributed by atoms with Gasteiger partial charge in [-0.2, -0.15) is 0 Å². The zero-order valence-electron chi connectivity index (χ0n) is 11.6. The highest BCUT2D eigenvalue weighted by atomic mass is 16.5. The predicted molar refractivity (Wildman–Crippen MR) is 75.3 cm³/mol. The van der Waals surface area contributed by atoms with E-state index in [2.05, 4.69) is 0 Å². The molecule has 0 aromatic heterocycles. The number of hydrogen-bond acceptors (Lipinski definition) is 3. The fraction of sp³-hybridized carbons (Fsp3) is 0.533. The Morgan fingerprint density at radius 1 is 1.42 bits per heavy atom. The van der Waals surface area contributed by atoms with Gasteiger partial charge < -0.3 is 15.4 Å². The van der Waals surface area contributed by atoms with Gasteiger partial charge in [0.25, 0.3) is 5.91 Å². The quantitative estimate of drug-likeness (QED) is 0.852. The lowest BCUT2D eigenvalue weighted by molar-refractivity contribution is 0.0748. The second-order valence-electron chi connectivity index (χ2n) is 5.28. The number of benzene rings is 1. The van der Waals surface area contributed by atoms with E-state index >= 15 is 0 Å². The minimum absolute atomic E-state index is 0.00769. The molecule has 1 aliphatic rings. The molecule has 1 aromatic carbocycles. The summed E-state index contributed by atoms with van der Waals surface area (Å²) in [6.07, 6.45) is 2.55. The number of nitrogens with two attached hydrogens (primary N) is 1. The van der Waals surface area contributed by atoms with Crippen molar-refractivity contribution >= 4 is 5.91 Å². The van der Waals surface area contributed by atoms with Gasteiger partial charge in [-0.05, 0) is 49.9 Å². The topological polar surface area (TPSA) is 55.6 Å². The van der Waals surface area contributed by atoms with Crippen molar-refractivity contribution in [2.24, 2.45) is 11.7 Å². The van der Waals surface area contributed by atoms with Crippen molar-refractivity contribution in [1.29, 1.82) is 0 Å². The number of carbonyl (C=O) groups is 1. The van der Waals surface area contributed by atoms with Crippen molar-refractivity contribution in [2.45, 2.75) is 25.8 Å². The molecule has 1 fully saturated rings. The molecule has 104 valence electrons. The van der Waals surface area contributed by atoms with Gasteiger partial charge >= 0.3 is 0 Å². The lowest BCUT2D eigenvalue weighted by Crippen LogP contribution is -2.39. The molecule has 1 amide bonds. The maximum atomic E-state index is 12.2. The van der Waals surface area contributed by atoms with Gasteiger partial charge in [-0.1, -0.05) is 0 Å². The maximum absolute atomic E-state index is 12.2. The monoisotopic (exact) mass is 262 g/mol.